The average Bonchev–Trinajstić information content (AvgIpc) is 2.73. The Morgan fingerprint density at radius 1 is 1.14 bits per heavy atom. The molecular formula is C21H25N3O3S. The van der Waals surface area contributed by atoms with Crippen molar-refractivity contribution in [2.45, 2.75) is 30.7 Å². The molecule has 2 aromatic carbocycles. The highest BCUT2D eigenvalue weighted by Gasteiger charge is 2.23. The van der Waals surface area contributed by atoms with Gasteiger partial charge >= 0.3 is 0 Å². The Bertz CT molecular complexity index is 848. The van der Waals surface area contributed by atoms with Gasteiger partial charge in [0.1, 0.15) is 5.56 Å². The van der Waals surface area contributed by atoms with Crippen LogP contribution in [0.15, 0.2) is 47.4 Å². The zero-order valence-electron chi connectivity index (χ0n) is 16.3. The van der Waals surface area contributed by atoms with Crippen molar-refractivity contribution in [1.82, 2.24) is 4.90 Å². The van der Waals surface area contributed by atoms with E-state index in [0.717, 1.165) is 23.5 Å². The van der Waals surface area contributed by atoms with E-state index < -0.39 is 4.92 Å². The van der Waals surface area contributed by atoms with Crippen LogP contribution < -0.4 is 4.90 Å². The van der Waals surface area contributed by atoms with Crippen LogP contribution in [-0.2, 0) is 6.54 Å². The number of piperidine rings is 1. The summed E-state index contributed by atoms with van der Waals surface area (Å²) in [5, 5.41) is 11.3. The molecule has 1 aliphatic heterocycles. The van der Waals surface area contributed by atoms with Crippen molar-refractivity contribution in [3.05, 3.63) is 63.7 Å². The van der Waals surface area contributed by atoms with Crippen LogP contribution in [-0.4, -0.2) is 42.1 Å². The highest BCUT2D eigenvalue weighted by Crippen LogP contribution is 2.26. The van der Waals surface area contributed by atoms with E-state index in [0.29, 0.717) is 6.54 Å². The summed E-state index contributed by atoms with van der Waals surface area (Å²) < 4.78 is 0. The minimum absolute atomic E-state index is 0.129. The van der Waals surface area contributed by atoms with Crippen molar-refractivity contribution in [3.8, 4) is 0 Å². The van der Waals surface area contributed by atoms with Gasteiger partial charge in [-0.1, -0.05) is 12.1 Å². The SMILES string of the molecule is CSc1ccc([N+](=O)[O-])c(C(=O)N(C)Cc2ccc(N3CCCCC3)cc2)c1. The maximum atomic E-state index is 12.9. The Kier molecular flexibility index (Phi) is 6.57. The molecule has 6 nitrogen and oxygen atoms in total. The number of benzene rings is 2. The maximum absolute atomic E-state index is 12.9. The van der Waals surface area contributed by atoms with Crippen LogP contribution in [0.25, 0.3) is 0 Å². The van der Waals surface area contributed by atoms with E-state index in [9.17, 15) is 14.9 Å². The molecule has 148 valence electrons. The van der Waals surface area contributed by atoms with Crippen molar-refractivity contribution < 1.29 is 9.72 Å². The lowest BCUT2D eigenvalue weighted by Crippen LogP contribution is -2.29. The third kappa shape index (κ3) is 4.65. The summed E-state index contributed by atoms with van der Waals surface area (Å²) in [6.07, 6.45) is 5.63. The third-order valence-corrected chi connectivity index (χ3v) is 5.78. The molecule has 0 N–H and O–H groups in total. The number of hydrogen-bond donors (Lipinski definition) is 0. The Morgan fingerprint density at radius 2 is 1.82 bits per heavy atom. The largest absolute Gasteiger partial charge is 0.372 e. The van der Waals surface area contributed by atoms with Crippen molar-refractivity contribution in [2.75, 3.05) is 31.3 Å². The van der Waals surface area contributed by atoms with Gasteiger partial charge in [-0.25, -0.2) is 0 Å². The first kappa shape index (κ1) is 20.2. The molecular weight excluding hydrogens is 374 g/mol. The number of nitro benzene ring substituents is 1. The molecule has 3 rings (SSSR count). The number of amides is 1. The fourth-order valence-electron chi connectivity index (χ4n) is 3.49. The first-order valence-electron chi connectivity index (χ1n) is 9.41. The van der Waals surface area contributed by atoms with Gasteiger partial charge in [0.25, 0.3) is 11.6 Å². The number of rotatable bonds is 6. The van der Waals surface area contributed by atoms with Gasteiger partial charge in [0.2, 0.25) is 0 Å². The Hall–Kier alpha value is -2.54. The summed E-state index contributed by atoms with van der Waals surface area (Å²) >= 11 is 1.45. The Balaban J connectivity index is 1.73. The number of carbonyl (C=O) groups excluding carboxylic acids is 1. The van der Waals surface area contributed by atoms with Gasteiger partial charge in [-0.3, -0.25) is 14.9 Å². The van der Waals surface area contributed by atoms with Crippen LogP contribution in [0.1, 0.15) is 35.2 Å². The van der Waals surface area contributed by atoms with Gasteiger partial charge in [-0.15, -0.1) is 11.8 Å². The predicted octanol–water partition coefficient (Wildman–Crippen LogP) is 4.58. The second-order valence-electron chi connectivity index (χ2n) is 7.02. The van der Waals surface area contributed by atoms with E-state index in [4.69, 9.17) is 0 Å². The molecule has 1 saturated heterocycles. The minimum Gasteiger partial charge on any atom is -0.372 e. The van der Waals surface area contributed by atoms with E-state index in [1.54, 1.807) is 19.2 Å². The van der Waals surface area contributed by atoms with Crippen LogP contribution in [0, 0.1) is 10.1 Å². The van der Waals surface area contributed by atoms with Gasteiger partial charge in [-0.2, -0.15) is 0 Å². The number of thioether (sulfide) groups is 1. The Labute approximate surface area is 169 Å². The number of nitrogens with zero attached hydrogens (tertiary/aromatic N) is 3. The van der Waals surface area contributed by atoms with E-state index in [-0.39, 0.29) is 17.2 Å². The van der Waals surface area contributed by atoms with Gasteiger partial charge in [0.15, 0.2) is 0 Å². The van der Waals surface area contributed by atoms with E-state index in [1.807, 2.05) is 18.4 Å². The molecule has 0 bridgehead atoms. The third-order valence-electron chi connectivity index (χ3n) is 5.05. The van der Waals surface area contributed by atoms with Gasteiger partial charge in [0, 0.05) is 43.3 Å². The molecule has 1 fully saturated rings. The first-order chi connectivity index (χ1) is 13.5. The molecule has 0 saturated carbocycles. The summed E-state index contributed by atoms with van der Waals surface area (Å²) in [6.45, 7) is 2.58. The highest BCUT2D eigenvalue weighted by atomic mass is 32.2. The second kappa shape index (κ2) is 9.10. The molecule has 0 spiro atoms. The van der Waals surface area contributed by atoms with Crippen molar-refractivity contribution in [3.63, 3.8) is 0 Å². The molecule has 2 aromatic rings. The maximum Gasteiger partial charge on any atom is 0.282 e. The fraction of sp³-hybridized carbons (Fsp3) is 0.381. The predicted molar refractivity (Wildman–Crippen MR) is 113 cm³/mol. The summed E-state index contributed by atoms with van der Waals surface area (Å²) in [5.41, 5.74) is 2.18. The number of hydrogen-bond acceptors (Lipinski definition) is 5. The van der Waals surface area contributed by atoms with Crippen molar-refractivity contribution >= 4 is 29.0 Å². The molecule has 1 aliphatic rings. The van der Waals surface area contributed by atoms with E-state index in [2.05, 4.69) is 17.0 Å². The van der Waals surface area contributed by atoms with Crippen LogP contribution in [0.2, 0.25) is 0 Å². The molecule has 0 aromatic heterocycles. The summed E-state index contributed by atoms with van der Waals surface area (Å²) in [5.74, 6) is -0.345. The van der Waals surface area contributed by atoms with Crippen molar-refractivity contribution in [1.29, 1.82) is 0 Å². The summed E-state index contributed by atoms with van der Waals surface area (Å²) in [6, 6.07) is 12.9. The lowest BCUT2D eigenvalue weighted by molar-refractivity contribution is -0.385. The average molecular weight is 400 g/mol. The molecule has 0 aliphatic carbocycles. The first-order valence-corrected chi connectivity index (χ1v) is 10.6. The fourth-order valence-corrected chi connectivity index (χ4v) is 3.93. The van der Waals surface area contributed by atoms with Gasteiger partial charge in [0.05, 0.1) is 4.92 Å². The number of anilines is 1. The summed E-state index contributed by atoms with van der Waals surface area (Å²) in [7, 11) is 1.68. The van der Waals surface area contributed by atoms with E-state index >= 15 is 0 Å². The van der Waals surface area contributed by atoms with Crippen LogP contribution >= 0.6 is 11.8 Å². The van der Waals surface area contributed by atoms with Crippen molar-refractivity contribution in [2.24, 2.45) is 0 Å². The second-order valence-corrected chi connectivity index (χ2v) is 7.90. The minimum atomic E-state index is -0.501. The van der Waals surface area contributed by atoms with E-state index in [1.165, 1.54) is 47.7 Å². The van der Waals surface area contributed by atoms with Crippen LogP contribution in [0.4, 0.5) is 11.4 Å². The lowest BCUT2D eigenvalue weighted by Gasteiger charge is -2.29. The molecule has 1 heterocycles. The summed E-state index contributed by atoms with van der Waals surface area (Å²) in [4.78, 5) is 28.4. The monoisotopic (exact) mass is 399 g/mol. The zero-order chi connectivity index (χ0) is 20.1. The topological polar surface area (TPSA) is 66.7 Å². The lowest BCUT2D eigenvalue weighted by atomic mass is 10.1. The molecule has 7 heteroatoms. The zero-order valence-corrected chi connectivity index (χ0v) is 17.1. The highest BCUT2D eigenvalue weighted by molar-refractivity contribution is 7.98. The molecule has 0 unspecified atom stereocenters. The molecule has 1 amide bonds. The normalized spacial score (nSPS) is 14.0. The standard InChI is InChI=1S/C21H25N3O3S/c1-22(21(25)19-14-18(28-2)10-11-20(19)24(26)27)15-16-6-8-17(9-7-16)23-12-4-3-5-13-23/h6-11,14H,3-5,12-13,15H2,1-2H3. The van der Waals surface area contributed by atoms with Gasteiger partial charge in [-0.05, 0) is 55.3 Å². The smallest absolute Gasteiger partial charge is 0.282 e. The number of carbonyl (C=O) groups is 1. The molecule has 0 atom stereocenters. The molecule has 28 heavy (non-hydrogen) atoms. The van der Waals surface area contributed by atoms with Crippen LogP contribution in [0.3, 0.4) is 0 Å². The molecule has 0 radical (unpaired) electrons. The van der Waals surface area contributed by atoms with Crippen LogP contribution in [0.5, 0.6) is 0 Å². The quantitative estimate of drug-likeness (QED) is 0.404. The Morgan fingerprint density at radius 3 is 2.43 bits per heavy atom. The van der Waals surface area contributed by atoms with Gasteiger partial charge < -0.3 is 9.80 Å². The number of nitro groups is 1.